The van der Waals surface area contributed by atoms with Crippen molar-refractivity contribution in [3.63, 3.8) is 0 Å². The molecule has 0 spiro atoms. The molecule has 82 valence electrons. The summed E-state index contributed by atoms with van der Waals surface area (Å²) in [7, 11) is 0. The van der Waals surface area contributed by atoms with Gasteiger partial charge in [-0.25, -0.2) is 10.8 Å². The first-order valence-corrected chi connectivity index (χ1v) is 4.27. The number of carbonyl (C=O) groups is 1. The molecule has 1 heterocycles. The van der Waals surface area contributed by atoms with Gasteiger partial charge in [-0.1, -0.05) is 0 Å². The van der Waals surface area contributed by atoms with Crippen LogP contribution >= 0.6 is 0 Å². The normalized spacial score (nSPS) is 11.9. The Labute approximate surface area is 86.5 Å². The van der Waals surface area contributed by atoms with E-state index in [-0.39, 0.29) is 6.54 Å². The Bertz CT molecular complexity index is 344. The number of rotatable bonds is 5. The number of aromatic nitrogens is 1. The van der Waals surface area contributed by atoms with Crippen LogP contribution < -0.4 is 22.3 Å². The fourth-order valence-corrected chi connectivity index (χ4v) is 0.935. The number of nitrogens with zero attached hydrogens (tertiary/aromatic N) is 1. The minimum Gasteiger partial charge on any atom is -0.382 e. The van der Waals surface area contributed by atoms with E-state index in [1.807, 2.05) is 0 Å². The molecule has 0 aliphatic heterocycles. The monoisotopic (exact) mass is 211 g/mol. The zero-order chi connectivity index (χ0) is 11.3. The van der Waals surface area contributed by atoms with Gasteiger partial charge in [0.05, 0.1) is 0 Å². The maximum absolute atomic E-state index is 10.5. The summed E-state index contributed by atoms with van der Waals surface area (Å²) >= 11 is 0. The topological polar surface area (TPSA) is 126 Å². The SMILES string of the molecule is NNc1cc(NCC(O)C(N)=O)ccn1. The number of amides is 1. The van der Waals surface area contributed by atoms with E-state index in [0.29, 0.717) is 11.5 Å². The third kappa shape index (κ3) is 3.41. The molecule has 1 amide bonds. The predicted molar refractivity (Wildman–Crippen MR) is 55.7 cm³/mol. The van der Waals surface area contributed by atoms with E-state index in [9.17, 15) is 4.79 Å². The molecule has 0 saturated heterocycles. The van der Waals surface area contributed by atoms with Crippen molar-refractivity contribution in [3.05, 3.63) is 18.3 Å². The largest absolute Gasteiger partial charge is 0.382 e. The minimum atomic E-state index is -1.22. The van der Waals surface area contributed by atoms with Crippen LogP contribution in [0.2, 0.25) is 0 Å². The highest BCUT2D eigenvalue weighted by atomic mass is 16.3. The summed E-state index contributed by atoms with van der Waals surface area (Å²) in [5.74, 6) is 4.87. The van der Waals surface area contributed by atoms with Crippen LogP contribution in [-0.2, 0) is 4.79 Å². The summed E-state index contributed by atoms with van der Waals surface area (Å²) in [6.07, 6.45) is 0.321. The molecule has 1 unspecified atom stereocenters. The van der Waals surface area contributed by atoms with Crippen molar-refractivity contribution in [1.29, 1.82) is 0 Å². The fraction of sp³-hybridized carbons (Fsp3) is 0.250. The Morgan fingerprint density at radius 2 is 2.40 bits per heavy atom. The number of nitrogen functional groups attached to an aromatic ring is 1. The highest BCUT2D eigenvalue weighted by Gasteiger charge is 2.09. The lowest BCUT2D eigenvalue weighted by molar-refractivity contribution is -0.125. The predicted octanol–water partition coefficient (Wildman–Crippen LogP) is -1.37. The summed E-state index contributed by atoms with van der Waals surface area (Å²) in [4.78, 5) is 14.4. The second-order valence-corrected chi connectivity index (χ2v) is 2.87. The van der Waals surface area contributed by atoms with Crippen molar-refractivity contribution in [2.24, 2.45) is 11.6 Å². The Balaban J connectivity index is 2.53. The van der Waals surface area contributed by atoms with Gasteiger partial charge in [0.25, 0.3) is 0 Å². The van der Waals surface area contributed by atoms with Crippen LogP contribution in [0, 0.1) is 0 Å². The first-order valence-electron chi connectivity index (χ1n) is 4.27. The second kappa shape index (κ2) is 5.13. The number of hydrogen-bond donors (Lipinski definition) is 5. The van der Waals surface area contributed by atoms with Crippen molar-refractivity contribution >= 4 is 17.4 Å². The molecule has 0 saturated carbocycles. The van der Waals surface area contributed by atoms with Gasteiger partial charge in [-0.3, -0.25) is 4.79 Å². The Morgan fingerprint density at radius 1 is 1.67 bits per heavy atom. The van der Waals surface area contributed by atoms with Gasteiger partial charge in [-0.15, -0.1) is 0 Å². The first kappa shape index (κ1) is 11.2. The molecule has 0 fully saturated rings. The lowest BCUT2D eigenvalue weighted by atomic mass is 10.3. The van der Waals surface area contributed by atoms with E-state index in [2.05, 4.69) is 15.7 Å². The molecule has 0 aromatic carbocycles. The number of aliphatic hydroxyl groups is 1. The van der Waals surface area contributed by atoms with Crippen LogP contribution in [0.25, 0.3) is 0 Å². The summed E-state index contributed by atoms with van der Waals surface area (Å²) in [5.41, 5.74) is 7.93. The van der Waals surface area contributed by atoms with Crippen LogP contribution in [0.5, 0.6) is 0 Å². The van der Waals surface area contributed by atoms with E-state index >= 15 is 0 Å². The van der Waals surface area contributed by atoms with Gasteiger partial charge >= 0.3 is 0 Å². The minimum absolute atomic E-state index is 0.0450. The highest BCUT2D eigenvalue weighted by molar-refractivity contribution is 5.79. The number of pyridine rings is 1. The molecule has 1 aromatic heterocycles. The van der Waals surface area contributed by atoms with E-state index in [1.54, 1.807) is 12.1 Å². The fourth-order valence-electron chi connectivity index (χ4n) is 0.935. The molecule has 7 N–H and O–H groups in total. The molecule has 1 aromatic rings. The van der Waals surface area contributed by atoms with Gasteiger partial charge in [-0.05, 0) is 6.07 Å². The van der Waals surface area contributed by atoms with E-state index < -0.39 is 12.0 Å². The summed E-state index contributed by atoms with van der Waals surface area (Å²) in [6.45, 7) is 0.0450. The maximum atomic E-state index is 10.5. The van der Waals surface area contributed by atoms with Crippen molar-refractivity contribution in [3.8, 4) is 0 Å². The summed E-state index contributed by atoms with van der Waals surface area (Å²) in [6, 6.07) is 3.31. The molecule has 0 bridgehead atoms. The lowest BCUT2D eigenvalue weighted by Crippen LogP contribution is -2.34. The zero-order valence-electron chi connectivity index (χ0n) is 7.97. The van der Waals surface area contributed by atoms with Gasteiger partial charge in [0, 0.05) is 24.5 Å². The highest BCUT2D eigenvalue weighted by Crippen LogP contribution is 2.10. The van der Waals surface area contributed by atoms with Crippen molar-refractivity contribution < 1.29 is 9.90 Å². The van der Waals surface area contributed by atoms with Crippen LogP contribution in [0.1, 0.15) is 0 Å². The molecular weight excluding hydrogens is 198 g/mol. The maximum Gasteiger partial charge on any atom is 0.248 e. The molecular formula is C8H13N5O2. The molecule has 0 aliphatic carbocycles. The molecule has 1 atom stereocenters. The number of hydrogen-bond acceptors (Lipinski definition) is 6. The lowest BCUT2D eigenvalue weighted by Gasteiger charge is -2.10. The summed E-state index contributed by atoms with van der Waals surface area (Å²) in [5, 5.41) is 11.9. The van der Waals surface area contributed by atoms with Crippen LogP contribution in [0.3, 0.4) is 0 Å². The number of hydrazine groups is 1. The molecule has 7 nitrogen and oxygen atoms in total. The number of carbonyl (C=O) groups excluding carboxylic acids is 1. The standard InChI is InChI=1S/C8H13N5O2/c9-8(15)6(14)4-12-5-1-2-11-7(3-5)13-10/h1-3,6,14H,4,10H2,(H2,9,15)(H2,11,12,13). The van der Waals surface area contributed by atoms with Gasteiger partial charge in [0.2, 0.25) is 5.91 Å². The average molecular weight is 211 g/mol. The van der Waals surface area contributed by atoms with E-state index in [4.69, 9.17) is 16.7 Å². The van der Waals surface area contributed by atoms with E-state index in [0.717, 1.165) is 0 Å². The third-order valence-corrected chi connectivity index (χ3v) is 1.74. The molecule has 0 radical (unpaired) electrons. The van der Waals surface area contributed by atoms with Crippen LogP contribution in [-0.4, -0.2) is 28.6 Å². The van der Waals surface area contributed by atoms with Gasteiger partial charge in [0.15, 0.2) is 0 Å². The number of nitrogens with one attached hydrogen (secondary N) is 2. The van der Waals surface area contributed by atoms with Gasteiger partial charge in [-0.2, -0.15) is 0 Å². The number of anilines is 2. The Morgan fingerprint density at radius 3 is 3.00 bits per heavy atom. The molecule has 1 rings (SSSR count). The van der Waals surface area contributed by atoms with E-state index in [1.165, 1.54) is 6.20 Å². The summed E-state index contributed by atoms with van der Waals surface area (Å²) < 4.78 is 0. The van der Waals surface area contributed by atoms with Gasteiger partial charge in [0.1, 0.15) is 11.9 Å². The Hall–Kier alpha value is -1.86. The number of aliphatic hydroxyl groups excluding tert-OH is 1. The van der Waals surface area contributed by atoms with Crippen molar-refractivity contribution in [1.82, 2.24) is 4.98 Å². The molecule has 0 aliphatic rings. The number of primary amides is 1. The smallest absolute Gasteiger partial charge is 0.248 e. The first-order chi connectivity index (χ1) is 7.13. The Kier molecular flexibility index (Phi) is 3.83. The van der Waals surface area contributed by atoms with Crippen molar-refractivity contribution in [2.75, 3.05) is 17.3 Å². The van der Waals surface area contributed by atoms with Gasteiger partial charge < -0.3 is 21.6 Å². The third-order valence-electron chi connectivity index (χ3n) is 1.74. The molecule has 15 heavy (non-hydrogen) atoms. The van der Waals surface area contributed by atoms with Crippen LogP contribution in [0.4, 0.5) is 11.5 Å². The van der Waals surface area contributed by atoms with Crippen molar-refractivity contribution in [2.45, 2.75) is 6.10 Å². The molecule has 7 heteroatoms. The average Bonchev–Trinajstić information content (AvgIpc) is 2.26. The zero-order valence-corrected chi connectivity index (χ0v) is 7.97. The van der Waals surface area contributed by atoms with Crippen LogP contribution in [0.15, 0.2) is 18.3 Å². The quantitative estimate of drug-likeness (QED) is 0.302. The number of nitrogens with two attached hydrogens (primary N) is 2. The second-order valence-electron chi connectivity index (χ2n) is 2.87.